The lowest BCUT2D eigenvalue weighted by Gasteiger charge is -2.28. The van der Waals surface area contributed by atoms with Gasteiger partial charge in [-0.1, -0.05) is 30.7 Å². The molecular weight excluding hydrogens is 236 g/mol. The fourth-order valence-corrected chi connectivity index (χ4v) is 1.74. The zero-order valence-corrected chi connectivity index (χ0v) is 11.1. The molecule has 17 heavy (non-hydrogen) atoms. The van der Waals surface area contributed by atoms with Crippen LogP contribution in [0.5, 0.6) is 0 Å². The molecule has 0 saturated carbocycles. The van der Waals surface area contributed by atoms with Gasteiger partial charge in [-0.15, -0.1) is 0 Å². The van der Waals surface area contributed by atoms with Crippen LogP contribution in [0.2, 0.25) is 5.02 Å². The highest BCUT2D eigenvalue weighted by atomic mass is 35.5. The number of carbonyl (C=O) groups is 1. The minimum absolute atomic E-state index is 0.0192. The molecule has 2 N–H and O–H groups in total. The van der Waals surface area contributed by atoms with Crippen molar-refractivity contribution in [1.82, 2.24) is 4.90 Å². The van der Waals surface area contributed by atoms with Crippen LogP contribution in [-0.2, 0) is 11.3 Å². The van der Waals surface area contributed by atoms with Crippen molar-refractivity contribution in [2.75, 3.05) is 6.54 Å². The third kappa shape index (κ3) is 4.02. The average Bonchev–Trinajstić information content (AvgIpc) is 2.36. The van der Waals surface area contributed by atoms with Crippen LogP contribution in [0.1, 0.15) is 25.8 Å². The predicted molar refractivity (Wildman–Crippen MR) is 70.8 cm³/mol. The van der Waals surface area contributed by atoms with Gasteiger partial charge in [-0.25, -0.2) is 0 Å². The Kier molecular flexibility index (Phi) is 5.45. The lowest BCUT2D eigenvalue weighted by atomic mass is 10.1. The molecular formula is C13H19ClN2O. The Labute approximate surface area is 108 Å². The Morgan fingerprint density at radius 1 is 1.41 bits per heavy atom. The highest BCUT2D eigenvalue weighted by Gasteiger charge is 2.17. The normalized spacial score (nSPS) is 12.2. The van der Waals surface area contributed by atoms with E-state index >= 15 is 0 Å². The van der Waals surface area contributed by atoms with Crippen LogP contribution in [-0.4, -0.2) is 23.4 Å². The first-order chi connectivity index (χ1) is 8.08. The summed E-state index contributed by atoms with van der Waals surface area (Å²) in [6.45, 7) is 4.73. The van der Waals surface area contributed by atoms with Crippen LogP contribution in [0.25, 0.3) is 0 Å². The fraction of sp³-hybridized carbons (Fsp3) is 0.462. The summed E-state index contributed by atoms with van der Waals surface area (Å²) < 4.78 is 0. The van der Waals surface area contributed by atoms with Crippen molar-refractivity contribution in [3.63, 3.8) is 0 Å². The van der Waals surface area contributed by atoms with E-state index in [4.69, 9.17) is 17.3 Å². The zero-order chi connectivity index (χ0) is 12.8. The van der Waals surface area contributed by atoms with E-state index in [0.29, 0.717) is 11.6 Å². The van der Waals surface area contributed by atoms with Crippen molar-refractivity contribution in [2.45, 2.75) is 32.9 Å². The molecule has 0 saturated heterocycles. The van der Waals surface area contributed by atoms with E-state index in [1.807, 2.05) is 36.1 Å². The summed E-state index contributed by atoms with van der Waals surface area (Å²) in [6.07, 6.45) is 0.916. The van der Waals surface area contributed by atoms with Gasteiger partial charge in [0.05, 0.1) is 6.54 Å². The number of amides is 1. The van der Waals surface area contributed by atoms with Crippen LogP contribution >= 0.6 is 11.6 Å². The van der Waals surface area contributed by atoms with Gasteiger partial charge >= 0.3 is 0 Å². The highest BCUT2D eigenvalue weighted by molar-refractivity contribution is 6.30. The molecule has 0 radical (unpaired) electrons. The molecule has 1 aromatic rings. The summed E-state index contributed by atoms with van der Waals surface area (Å²) in [5.41, 5.74) is 6.50. The molecule has 0 heterocycles. The van der Waals surface area contributed by atoms with E-state index in [0.717, 1.165) is 12.0 Å². The summed E-state index contributed by atoms with van der Waals surface area (Å²) in [5.74, 6) is -0.0192. The van der Waals surface area contributed by atoms with Crippen molar-refractivity contribution in [2.24, 2.45) is 5.73 Å². The van der Waals surface area contributed by atoms with Crippen molar-refractivity contribution in [3.05, 3.63) is 34.9 Å². The molecule has 0 aromatic heterocycles. The maximum atomic E-state index is 11.8. The number of nitrogens with zero attached hydrogens (tertiary/aromatic N) is 1. The van der Waals surface area contributed by atoms with Crippen molar-refractivity contribution in [1.29, 1.82) is 0 Å². The molecule has 1 aromatic carbocycles. The summed E-state index contributed by atoms with van der Waals surface area (Å²) in [7, 11) is 0. The van der Waals surface area contributed by atoms with E-state index in [-0.39, 0.29) is 18.5 Å². The summed E-state index contributed by atoms with van der Waals surface area (Å²) >= 11 is 5.83. The van der Waals surface area contributed by atoms with Gasteiger partial charge in [0.2, 0.25) is 5.91 Å². The molecule has 0 fully saturated rings. The topological polar surface area (TPSA) is 46.3 Å². The molecule has 0 spiro atoms. The van der Waals surface area contributed by atoms with Crippen LogP contribution in [0, 0.1) is 0 Å². The number of hydrogen-bond acceptors (Lipinski definition) is 2. The van der Waals surface area contributed by atoms with Crippen LogP contribution in [0.3, 0.4) is 0 Å². The molecule has 4 heteroatoms. The van der Waals surface area contributed by atoms with Gasteiger partial charge in [-0.3, -0.25) is 4.79 Å². The van der Waals surface area contributed by atoms with Gasteiger partial charge in [0.15, 0.2) is 0 Å². The number of nitrogens with two attached hydrogens (primary N) is 1. The number of hydrogen-bond donors (Lipinski definition) is 1. The van der Waals surface area contributed by atoms with Crippen molar-refractivity contribution < 1.29 is 4.79 Å². The lowest BCUT2D eigenvalue weighted by Crippen LogP contribution is -2.41. The van der Waals surface area contributed by atoms with Gasteiger partial charge < -0.3 is 10.6 Å². The Morgan fingerprint density at radius 3 is 2.47 bits per heavy atom. The van der Waals surface area contributed by atoms with Gasteiger partial charge in [0.25, 0.3) is 0 Å². The third-order valence-electron chi connectivity index (χ3n) is 2.88. The minimum Gasteiger partial charge on any atom is -0.335 e. The third-order valence-corrected chi connectivity index (χ3v) is 3.14. The molecule has 0 aliphatic carbocycles. The monoisotopic (exact) mass is 254 g/mol. The first-order valence-corrected chi connectivity index (χ1v) is 6.20. The van der Waals surface area contributed by atoms with Crippen LogP contribution in [0.4, 0.5) is 0 Å². The Morgan fingerprint density at radius 2 is 2.00 bits per heavy atom. The molecule has 1 unspecified atom stereocenters. The Bertz CT molecular complexity index is 364. The second-order valence-electron chi connectivity index (χ2n) is 4.11. The second kappa shape index (κ2) is 6.62. The number of benzene rings is 1. The number of carbonyl (C=O) groups excluding carboxylic acids is 1. The molecule has 1 amide bonds. The maximum Gasteiger partial charge on any atom is 0.236 e. The summed E-state index contributed by atoms with van der Waals surface area (Å²) in [4.78, 5) is 13.6. The Balaban J connectivity index is 2.78. The van der Waals surface area contributed by atoms with E-state index in [1.54, 1.807) is 0 Å². The molecule has 1 atom stereocenters. The summed E-state index contributed by atoms with van der Waals surface area (Å²) in [5, 5.41) is 0.703. The molecule has 3 nitrogen and oxygen atoms in total. The molecule has 94 valence electrons. The zero-order valence-electron chi connectivity index (χ0n) is 10.3. The van der Waals surface area contributed by atoms with E-state index in [1.165, 1.54) is 0 Å². The average molecular weight is 255 g/mol. The number of rotatable bonds is 5. The van der Waals surface area contributed by atoms with E-state index < -0.39 is 0 Å². The number of halogens is 1. The van der Waals surface area contributed by atoms with Gasteiger partial charge in [0.1, 0.15) is 0 Å². The van der Waals surface area contributed by atoms with Crippen LogP contribution in [0.15, 0.2) is 24.3 Å². The van der Waals surface area contributed by atoms with E-state index in [2.05, 4.69) is 6.92 Å². The SMILES string of the molecule is CCC(C)N(Cc1ccc(Cl)cc1)C(=O)CN. The summed E-state index contributed by atoms with van der Waals surface area (Å²) in [6, 6.07) is 7.72. The lowest BCUT2D eigenvalue weighted by molar-refractivity contribution is -0.132. The van der Waals surface area contributed by atoms with Gasteiger partial charge in [-0.05, 0) is 31.0 Å². The maximum absolute atomic E-state index is 11.8. The fourth-order valence-electron chi connectivity index (χ4n) is 1.61. The second-order valence-corrected chi connectivity index (χ2v) is 4.55. The minimum atomic E-state index is -0.0192. The molecule has 0 bridgehead atoms. The van der Waals surface area contributed by atoms with E-state index in [9.17, 15) is 4.79 Å². The first-order valence-electron chi connectivity index (χ1n) is 5.82. The van der Waals surface area contributed by atoms with Gasteiger partial charge in [-0.2, -0.15) is 0 Å². The van der Waals surface area contributed by atoms with Gasteiger partial charge in [0, 0.05) is 17.6 Å². The van der Waals surface area contributed by atoms with Crippen molar-refractivity contribution in [3.8, 4) is 0 Å². The molecule has 1 rings (SSSR count). The Hall–Kier alpha value is -1.06. The smallest absolute Gasteiger partial charge is 0.236 e. The van der Waals surface area contributed by atoms with Crippen molar-refractivity contribution >= 4 is 17.5 Å². The molecule has 0 aliphatic rings. The molecule has 0 aliphatic heterocycles. The quantitative estimate of drug-likeness (QED) is 0.877. The standard InChI is InChI=1S/C13H19ClN2O/c1-3-10(2)16(13(17)8-15)9-11-4-6-12(14)7-5-11/h4-7,10H,3,8-9,15H2,1-2H3. The highest BCUT2D eigenvalue weighted by Crippen LogP contribution is 2.14. The largest absolute Gasteiger partial charge is 0.335 e. The first kappa shape index (κ1) is 14.0. The predicted octanol–water partition coefficient (Wildman–Crippen LogP) is 2.43. The van der Waals surface area contributed by atoms with Crippen LogP contribution < -0.4 is 5.73 Å².